The topological polar surface area (TPSA) is 199 Å². The number of carbonyl (C=O) groups is 4. The highest BCUT2D eigenvalue weighted by Crippen LogP contribution is 2.40. The number of alkyl carbamates (subject to hydrolysis) is 1. The van der Waals surface area contributed by atoms with Crippen molar-refractivity contribution in [1.82, 2.24) is 45.4 Å². The van der Waals surface area contributed by atoms with Crippen molar-refractivity contribution in [3.63, 3.8) is 0 Å². The number of aromatic amines is 2. The summed E-state index contributed by atoms with van der Waals surface area (Å²) in [6.07, 6.45) is 1.27. The smallest absolute Gasteiger partial charge is 0.407 e. The van der Waals surface area contributed by atoms with Crippen LogP contribution in [0.5, 0.6) is 0 Å². The molecule has 6 aromatic rings. The Balaban J connectivity index is 1.07. The van der Waals surface area contributed by atoms with E-state index in [1.165, 1.54) is 7.11 Å². The molecule has 292 valence electrons. The number of nitrogens with one attached hydrogen (secondary N) is 4. The van der Waals surface area contributed by atoms with Gasteiger partial charge in [0.1, 0.15) is 23.7 Å². The third kappa shape index (κ3) is 6.65. The molecule has 2 fully saturated rings. The van der Waals surface area contributed by atoms with Gasteiger partial charge in [0.2, 0.25) is 11.8 Å². The number of likely N-dealkylation sites (tertiary alicyclic amines) is 2. The molecule has 0 saturated carbocycles. The number of benzene rings is 2. The second-order valence-electron chi connectivity index (χ2n) is 15.4. The van der Waals surface area contributed by atoms with Crippen molar-refractivity contribution >= 4 is 78.4 Å². The molecule has 6 heterocycles. The van der Waals surface area contributed by atoms with Crippen LogP contribution in [0.1, 0.15) is 77.1 Å². The molecule has 4 aromatic heterocycles. The fourth-order valence-electron chi connectivity index (χ4n) is 8.21. The maximum absolute atomic E-state index is 13.7. The number of carbonyl (C=O) groups excluding carboxylic acids is 3. The summed E-state index contributed by atoms with van der Waals surface area (Å²) in [4.78, 5) is 77.3. The van der Waals surface area contributed by atoms with E-state index in [2.05, 4.69) is 32.7 Å². The lowest BCUT2D eigenvalue weighted by atomic mass is 10.0. The molecule has 0 spiro atoms. The number of pyridine rings is 1. The molecule has 5 N–H and O–H groups in total. The first-order valence-corrected chi connectivity index (χ1v) is 19.9. The standard InChI is InChI=1S/C40H45N9O6S/c1-19(2)30(46-39(52)53)37(50)48-16-6-8-27(48)35-42-25-15-14-23-22(32(25)44-35)11-13-24(41-23)29-18-21-10-12-26-33(34(21)56-29)45-36(43-26)28-9-7-17-49(28)38(51)31(20(3)4)47-40(54)55-5/h10-15,18-20,27-28,30-31,46H,6-9,16-17H2,1-5H3,(H,42,44)(H,43,45)(H,47,54)(H,52,53)/t27-,28-,30-,31-/m0/s1. The van der Waals surface area contributed by atoms with Gasteiger partial charge in [0.05, 0.1) is 62.0 Å². The molecular formula is C40H45N9O6S. The monoisotopic (exact) mass is 779 g/mol. The van der Waals surface area contributed by atoms with Crippen molar-refractivity contribution in [2.75, 3.05) is 20.2 Å². The van der Waals surface area contributed by atoms with Gasteiger partial charge < -0.3 is 40.2 Å². The van der Waals surface area contributed by atoms with E-state index in [1.807, 2.05) is 62.9 Å². The molecule has 0 aliphatic carbocycles. The number of aromatic nitrogens is 5. The number of thiophene rings is 1. The number of fused-ring (bicyclic) bond motifs is 6. The predicted octanol–water partition coefficient (Wildman–Crippen LogP) is 6.87. The number of nitrogens with zero attached hydrogens (tertiary/aromatic N) is 5. The lowest BCUT2D eigenvalue weighted by Crippen LogP contribution is -2.51. The van der Waals surface area contributed by atoms with Gasteiger partial charge in [-0.1, -0.05) is 33.8 Å². The van der Waals surface area contributed by atoms with Crippen LogP contribution in [0.2, 0.25) is 0 Å². The van der Waals surface area contributed by atoms with Gasteiger partial charge in [-0.05, 0) is 79.3 Å². The lowest BCUT2D eigenvalue weighted by molar-refractivity contribution is -0.136. The Kier molecular flexibility index (Phi) is 9.76. The van der Waals surface area contributed by atoms with Crippen LogP contribution in [-0.2, 0) is 14.3 Å². The normalized spacial score (nSPS) is 18.5. The third-order valence-electron chi connectivity index (χ3n) is 11.1. The summed E-state index contributed by atoms with van der Waals surface area (Å²) in [5.74, 6) is 0.685. The Bertz CT molecular complexity index is 2510. The number of amides is 4. The first kappa shape index (κ1) is 37.2. The van der Waals surface area contributed by atoms with Crippen LogP contribution in [0, 0.1) is 11.8 Å². The van der Waals surface area contributed by atoms with Crippen LogP contribution in [0.15, 0.2) is 42.5 Å². The highest BCUT2D eigenvalue weighted by atomic mass is 32.1. The second-order valence-corrected chi connectivity index (χ2v) is 16.4. The summed E-state index contributed by atoms with van der Waals surface area (Å²) < 4.78 is 5.83. The van der Waals surface area contributed by atoms with Gasteiger partial charge >= 0.3 is 12.2 Å². The number of hydrogen-bond acceptors (Lipinski definition) is 9. The molecule has 0 unspecified atom stereocenters. The molecular weight excluding hydrogens is 735 g/mol. The van der Waals surface area contributed by atoms with Gasteiger partial charge in [-0.2, -0.15) is 0 Å². The number of rotatable bonds is 9. The molecule has 2 aliphatic rings. The Morgan fingerprint density at radius 1 is 0.786 bits per heavy atom. The SMILES string of the molecule is COC(=O)N[C@H](C(=O)N1CCC[C@H]1c1nc2ccc3cc(-c4ccc5c(ccc6nc([C@@H]7CCCN7C(=O)[C@@H](NC(=O)O)C(C)C)[nH]c65)n4)sc3c2[nH]1)C(C)C. The minimum absolute atomic E-state index is 0.122. The van der Waals surface area contributed by atoms with E-state index in [9.17, 15) is 24.3 Å². The maximum Gasteiger partial charge on any atom is 0.407 e. The Morgan fingerprint density at radius 2 is 1.36 bits per heavy atom. The van der Waals surface area contributed by atoms with Crippen molar-refractivity contribution in [3.05, 3.63) is 54.1 Å². The van der Waals surface area contributed by atoms with Crippen molar-refractivity contribution in [2.45, 2.75) is 77.5 Å². The molecule has 4 amide bonds. The number of methoxy groups -OCH3 is 1. The number of hydrogen-bond donors (Lipinski definition) is 5. The number of H-pyrrole nitrogens is 2. The van der Waals surface area contributed by atoms with E-state index in [4.69, 9.17) is 19.7 Å². The zero-order valence-corrected chi connectivity index (χ0v) is 32.7. The summed E-state index contributed by atoms with van der Waals surface area (Å²) in [6.45, 7) is 8.58. The molecule has 2 saturated heterocycles. The minimum atomic E-state index is -1.22. The maximum atomic E-state index is 13.7. The minimum Gasteiger partial charge on any atom is -0.465 e. The molecule has 56 heavy (non-hydrogen) atoms. The van der Waals surface area contributed by atoms with Crippen LogP contribution in [-0.4, -0.2) is 96.1 Å². The van der Waals surface area contributed by atoms with E-state index in [0.29, 0.717) is 18.9 Å². The lowest BCUT2D eigenvalue weighted by Gasteiger charge is -2.29. The Morgan fingerprint density at radius 3 is 1.96 bits per heavy atom. The molecule has 2 aromatic carbocycles. The van der Waals surface area contributed by atoms with Gasteiger partial charge in [-0.25, -0.2) is 24.5 Å². The average Bonchev–Trinajstić information content (AvgIpc) is 4.02. The average molecular weight is 780 g/mol. The van der Waals surface area contributed by atoms with Crippen LogP contribution >= 0.6 is 11.3 Å². The van der Waals surface area contributed by atoms with Gasteiger partial charge in [-0.15, -0.1) is 11.3 Å². The largest absolute Gasteiger partial charge is 0.465 e. The number of ether oxygens (including phenoxy) is 1. The van der Waals surface area contributed by atoms with Gasteiger partial charge in [0.15, 0.2) is 0 Å². The van der Waals surface area contributed by atoms with Crippen molar-refractivity contribution in [1.29, 1.82) is 0 Å². The van der Waals surface area contributed by atoms with E-state index in [1.54, 1.807) is 16.2 Å². The van der Waals surface area contributed by atoms with Gasteiger partial charge in [0, 0.05) is 18.5 Å². The second kappa shape index (κ2) is 14.7. The van der Waals surface area contributed by atoms with Crippen LogP contribution < -0.4 is 10.6 Å². The molecule has 0 bridgehead atoms. The van der Waals surface area contributed by atoms with E-state index in [0.717, 1.165) is 85.1 Å². The highest BCUT2D eigenvalue weighted by molar-refractivity contribution is 7.23. The molecule has 15 nitrogen and oxygen atoms in total. The van der Waals surface area contributed by atoms with Crippen molar-refractivity contribution in [3.8, 4) is 10.6 Å². The molecule has 16 heteroatoms. The van der Waals surface area contributed by atoms with Gasteiger partial charge in [-0.3, -0.25) is 9.59 Å². The fraction of sp³-hybridized carbons (Fsp3) is 0.425. The van der Waals surface area contributed by atoms with Crippen LogP contribution in [0.4, 0.5) is 9.59 Å². The Hall–Kier alpha value is -5.77. The van der Waals surface area contributed by atoms with E-state index in [-0.39, 0.29) is 35.7 Å². The predicted molar refractivity (Wildman–Crippen MR) is 213 cm³/mol. The number of imidazole rings is 2. The van der Waals surface area contributed by atoms with E-state index < -0.39 is 24.3 Å². The van der Waals surface area contributed by atoms with Crippen LogP contribution in [0.25, 0.3) is 53.6 Å². The molecule has 2 aliphatic heterocycles. The van der Waals surface area contributed by atoms with Crippen molar-refractivity contribution < 1.29 is 29.0 Å². The third-order valence-corrected chi connectivity index (χ3v) is 12.3. The zero-order valence-electron chi connectivity index (χ0n) is 31.9. The molecule has 8 rings (SSSR count). The Labute approximate surface area is 326 Å². The summed E-state index contributed by atoms with van der Waals surface area (Å²) >= 11 is 1.63. The van der Waals surface area contributed by atoms with E-state index >= 15 is 0 Å². The molecule has 4 atom stereocenters. The highest BCUT2D eigenvalue weighted by Gasteiger charge is 2.39. The fourth-order valence-corrected chi connectivity index (χ4v) is 9.33. The summed E-state index contributed by atoms with van der Waals surface area (Å²) in [7, 11) is 1.29. The summed E-state index contributed by atoms with van der Waals surface area (Å²) in [5, 5.41) is 16.4. The first-order valence-electron chi connectivity index (χ1n) is 19.1. The summed E-state index contributed by atoms with van der Waals surface area (Å²) in [6, 6.07) is 12.1. The summed E-state index contributed by atoms with van der Waals surface area (Å²) in [5.41, 5.74) is 4.96. The zero-order chi connectivity index (χ0) is 39.4. The first-order chi connectivity index (χ1) is 26.9. The molecule has 0 radical (unpaired) electrons. The quantitative estimate of drug-likeness (QED) is 0.104. The van der Waals surface area contributed by atoms with Crippen molar-refractivity contribution in [2.24, 2.45) is 11.8 Å². The van der Waals surface area contributed by atoms with Gasteiger partial charge in [0.25, 0.3) is 0 Å². The van der Waals surface area contributed by atoms with Crippen LogP contribution in [0.3, 0.4) is 0 Å². The number of carboxylic acid groups (broad SMARTS) is 1.